The van der Waals surface area contributed by atoms with Crippen LogP contribution in [0, 0.1) is 0 Å². The molecule has 140 valence electrons. The molecule has 0 aliphatic carbocycles. The van der Waals surface area contributed by atoms with Crippen molar-refractivity contribution in [1.82, 2.24) is 4.90 Å². The quantitative estimate of drug-likeness (QED) is 0.308. The second-order valence-electron chi connectivity index (χ2n) is 5.86. The number of esters is 1. The Balaban J connectivity index is 1.63. The van der Waals surface area contributed by atoms with Crippen LogP contribution < -0.4 is 5.73 Å². The molecular weight excluding hydrogens is 342 g/mol. The predicted molar refractivity (Wildman–Crippen MR) is 93.6 cm³/mol. The molecule has 4 N–H and O–H groups in total. The third-order valence-corrected chi connectivity index (χ3v) is 4.18. The molecule has 0 radical (unpaired) electrons. The van der Waals surface area contributed by atoms with Gasteiger partial charge < -0.3 is 30.3 Å². The highest BCUT2D eigenvalue weighted by molar-refractivity contribution is 5.96. The molecule has 3 aliphatic heterocycles. The van der Waals surface area contributed by atoms with Crippen molar-refractivity contribution in [3.8, 4) is 0 Å². The summed E-state index contributed by atoms with van der Waals surface area (Å²) in [5.74, 6) is -0.131. The maximum Gasteiger partial charge on any atom is 0.330 e. The number of amidine groups is 1. The van der Waals surface area contributed by atoms with E-state index in [1.54, 1.807) is 24.0 Å². The molecule has 1 saturated heterocycles. The minimum atomic E-state index is -1.17. The van der Waals surface area contributed by atoms with Crippen molar-refractivity contribution in [2.24, 2.45) is 20.7 Å². The summed E-state index contributed by atoms with van der Waals surface area (Å²) >= 11 is 0. The van der Waals surface area contributed by atoms with Crippen molar-refractivity contribution in [3.05, 3.63) is 24.3 Å². The van der Waals surface area contributed by atoms with Gasteiger partial charge in [-0.1, -0.05) is 18.2 Å². The normalized spacial score (nSPS) is 36.1. The highest BCUT2D eigenvalue weighted by Gasteiger charge is 2.49. The third kappa shape index (κ3) is 3.52. The van der Waals surface area contributed by atoms with Gasteiger partial charge in [-0.15, -0.1) is 0 Å². The van der Waals surface area contributed by atoms with E-state index >= 15 is 0 Å². The zero-order valence-corrected chi connectivity index (χ0v) is 14.1. The van der Waals surface area contributed by atoms with Crippen molar-refractivity contribution in [2.45, 2.75) is 43.7 Å². The topological polar surface area (TPSA) is 142 Å². The van der Waals surface area contributed by atoms with E-state index in [-0.39, 0.29) is 0 Å². The Bertz CT molecular complexity index is 689. The van der Waals surface area contributed by atoms with Crippen LogP contribution in [0.15, 0.2) is 39.3 Å². The molecule has 6 atom stereocenters. The van der Waals surface area contributed by atoms with Gasteiger partial charge in [-0.2, -0.15) is 0 Å². The maximum absolute atomic E-state index is 11.2. The van der Waals surface area contributed by atoms with Gasteiger partial charge in [0.05, 0.1) is 12.9 Å². The highest BCUT2D eigenvalue weighted by Crippen LogP contribution is 2.29. The predicted octanol–water partition coefficient (Wildman–Crippen LogP) is -1.45. The number of ether oxygens (including phenoxy) is 2. The maximum atomic E-state index is 11.2. The lowest BCUT2D eigenvalue weighted by atomic mass is 10.1. The van der Waals surface area contributed by atoms with Gasteiger partial charge in [0.15, 0.2) is 12.4 Å². The molecule has 0 aromatic carbocycles. The number of aliphatic imine (C=N–C) groups is 3. The Morgan fingerprint density at radius 1 is 1.38 bits per heavy atom. The summed E-state index contributed by atoms with van der Waals surface area (Å²) in [6.45, 7) is 2.01. The summed E-state index contributed by atoms with van der Waals surface area (Å²) in [4.78, 5) is 25.2. The average Bonchev–Trinajstić information content (AvgIpc) is 3.16. The van der Waals surface area contributed by atoms with Crippen LogP contribution in [0.3, 0.4) is 0 Å². The number of hydrogen-bond acceptors (Lipinski definition) is 10. The van der Waals surface area contributed by atoms with E-state index in [1.165, 1.54) is 24.8 Å². The van der Waals surface area contributed by atoms with Crippen LogP contribution in [0.1, 0.15) is 6.92 Å². The smallest absolute Gasteiger partial charge is 0.330 e. The van der Waals surface area contributed by atoms with Crippen molar-refractivity contribution in [1.29, 1.82) is 0 Å². The second-order valence-corrected chi connectivity index (χ2v) is 5.86. The summed E-state index contributed by atoms with van der Waals surface area (Å²) in [6.07, 6.45) is 4.29. The minimum Gasteiger partial charge on any atom is -0.463 e. The Hall–Kier alpha value is -2.56. The molecule has 3 aliphatic rings. The minimum absolute atomic E-state index is 0.294. The van der Waals surface area contributed by atoms with Crippen LogP contribution in [0.25, 0.3) is 0 Å². The van der Waals surface area contributed by atoms with Gasteiger partial charge >= 0.3 is 5.97 Å². The van der Waals surface area contributed by atoms with Crippen LogP contribution in [0.4, 0.5) is 0 Å². The summed E-state index contributed by atoms with van der Waals surface area (Å²) in [5, 5.41) is 20.6. The van der Waals surface area contributed by atoms with Crippen molar-refractivity contribution < 1.29 is 24.5 Å². The molecule has 0 saturated carbocycles. The molecule has 3 rings (SSSR count). The van der Waals surface area contributed by atoms with E-state index in [0.29, 0.717) is 12.4 Å². The van der Waals surface area contributed by atoms with E-state index in [2.05, 4.69) is 15.0 Å². The van der Waals surface area contributed by atoms with Crippen LogP contribution in [0.2, 0.25) is 0 Å². The molecule has 2 unspecified atom stereocenters. The monoisotopic (exact) mass is 363 g/mol. The number of fused-ring (bicyclic) bond motifs is 1. The molecule has 10 nitrogen and oxygen atoms in total. The lowest BCUT2D eigenvalue weighted by Crippen LogP contribution is -2.51. The standard InChI is InChI=1S/C16H21N5O5/c1-2-25-10(22)6-4-3-5-9-12(23)13(24)16(26-9)21-8-20-11-14(17)18-7-19-15(11)21/h3-9,11-13,15-16,23-24H,2H2,1H3,(H2,17,18,19)/b5-3+,6-4-/t9-,11?,12-,13-,15?,16-/m1/s1. The Morgan fingerprint density at radius 3 is 2.96 bits per heavy atom. The highest BCUT2D eigenvalue weighted by atomic mass is 16.6. The van der Waals surface area contributed by atoms with Gasteiger partial charge in [-0.3, -0.25) is 4.99 Å². The Morgan fingerprint density at radius 2 is 2.19 bits per heavy atom. The first-order valence-electron chi connectivity index (χ1n) is 8.21. The Kier molecular flexibility index (Phi) is 5.45. The summed E-state index contributed by atoms with van der Waals surface area (Å²) in [5.41, 5.74) is 5.81. The Labute approximate surface area is 150 Å². The number of carbonyl (C=O) groups is 1. The van der Waals surface area contributed by atoms with Crippen LogP contribution >= 0.6 is 0 Å². The molecular formula is C16H21N5O5. The number of nitrogens with zero attached hydrogens (tertiary/aromatic N) is 4. The third-order valence-electron chi connectivity index (χ3n) is 4.18. The zero-order chi connectivity index (χ0) is 18.7. The lowest BCUT2D eigenvalue weighted by Gasteiger charge is -2.31. The molecule has 0 aromatic heterocycles. The van der Waals surface area contributed by atoms with Crippen LogP contribution in [-0.2, 0) is 14.3 Å². The van der Waals surface area contributed by atoms with E-state index in [1.807, 2.05) is 0 Å². The number of nitrogens with two attached hydrogens (primary N) is 1. The second kappa shape index (κ2) is 7.77. The molecule has 0 aromatic rings. The molecule has 3 heterocycles. The first kappa shape index (κ1) is 18.2. The fourth-order valence-corrected chi connectivity index (χ4v) is 2.89. The average molecular weight is 363 g/mol. The molecule has 0 amide bonds. The first-order valence-corrected chi connectivity index (χ1v) is 8.21. The largest absolute Gasteiger partial charge is 0.463 e. The van der Waals surface area contributed by atoms with E-state index in [4.69, 9.17) is 15.2 Å². The molecule has 10 heteroatoms. The van der Waals surface area contributed by atoms with Crippen LogP contribution in [-0.4, -0.2) is 82.9 Å². The van der Waals surface area contributed by atoms with Gasteiger partial charge in [0.1, 0.15) is 36.5 Å². The zero-order valence-electron chi connectivity index (χ0n) is 14.1. The van der Waals surface area contributed by atoms with Crippen molar-refractivity contribution in [3.63, 3.8) is 0 Å². The van der Waals surface area contributed by atoms with Gasteiger partial charge in [0.25, 0.3) is 0 Å². The fourth-order valence-electron chi connectivity index (χ4n) is 2.89. The molecule has 1 fully saturated rings. The number of rotatable bonds is 5. The van der Waals surface area contributed by atoms with E-state index in [0.717, 1.165) is 0 Å². The fraction of sp³-hybridized carbons (Fsp3) is 0.500. The lowest BCUT2D eigenvalue weighted by molar-refractivity contribution is -0.137. The van der Waals surface area contributed by atoms with Gasteiger partial charge in [-0.05, 0) is 6.92 Å². The van der Waals surface area contributed by atoms with Gasteiger partial charge in [0.2, 0.25) is 0 Å². The van der Waals surface area contributed by atoms with E-state index in [9.17, 15) is 15.0 Å². The van der Waals surface area contributed by atoms with E-state index < -0.39 is 42.7 Å². The number of carbonyl (C=O) groups excluding carboxylic acids is 1. The molecule has 0 bridgehead atoms. The SMILES string of the molecule is CCOC(=O)/C=C\C=C\[C@H]1O[C@@H](N2C=NC3C(N)=NC=NC32)[C@H](O)[C@@H]1O. The molecule has 26 heavy (non-hydrogen) atoms. The number of aliphatic hydroxyl groups is 2. The van der Waals surface area contributed by atoms with Crippen molar-refractivity contribution >= 4 is 24.5 Å². The van der Waals surface area contributed by atoms with Gasteiger partial charge in [0, 0.05) is 6.08 Å². The first-order chi connectivity index (χ1) is 12.5. The summed E-state index contributed by atoms with van der Waals surface area (Å²) in [6, 6.07) is -0.435. The number of allylic oxidation sites excluding steroid dienone is 2. The summed E-state index contributed by atoms with van der Waals surface area (Å²) < 4.78 is 10.5. The van der Waals surface area contributed by atoms with Crippen LogP contribution in [0.5, 0.6) is 0 Å². The number of aliphatic hydroxyl groups excluding tert-OH is 2. The van der Waals surface area contributed by atoms with Gasteiger partial charge in [-0.25, -0.2) is 14.8 Å². The summed E-state index contributed by atoms with van der Waals surface area (Å²) in [7, 11) is 0. The van der Waals surface area contributed by atoms with Crippen molar-refractivity contribution in [2.75, 3.05) is 6.61 Å². The number of hydrogen-bond donors (Lipinski definition) is 3. The molecule has 0 spiro atoms.